The molecule has 1 aromatic heterocycles. The van der Waals surface area contributed by atoms with Crippen LogP contribution >= 0.6 is 0 Å². The number of aromatic nitrogens is 2. The molecule has 1 heterocycles. The van der Waals surface area contributed by atoms with E-state index in [0.29, 0.717) is 12.0 Å². The van der Waals surface area contributed by atoms with Gasteiger partial charge in [0.05, 0.1) is 5.52 Å². The third-order valence-electron chi connectivity index (χ3n) is 4.94. The predicted octanol–water partition coefficient (Wildman–Crippen LogP) is 5.43. The molecule has 4 nitrogen and oxygen atoms in total. The molecule has 0 atom stereocenters. The molecule has 128 valence electrons. The number of rotatable bonds is 4. The van der Waals surface area contributed by atoms with Crippen molar-refractivity contribution in [2.45, 2.75) is 45.1 Å². The van der Waals surface area contributed by atoms with Gasteiger partial charge >= 0.3 is 0 Å². The maximum atomic E-state index is 4.80. The predicted molar refractivity (Wildman–Crippen MR) is 104 cm³/mol. The summed E-state index contributed by atoms with van der Waals surface area (Å²) in [5.41, 5.74) is 3.19. The van der Waals surface area contributed by atoms with Crippen molar-refractivity contribution in [2.24, 2.45) is 0 Å². The van der Waals surface area contributed by atoms with Gasteiger partial charge in [0.1, 0.15) is 5.82 Å². The Hall–Kier alpha value is -2.62. The van der Waals surface area contributed by atoms with Crippen LogP contribution in [-0.4, -0.2) is 16.0 Å². The molecule has 0 aliphatic heterocycles. The number of aryl methyl sites for hydroxylation is 1. The fourth-order valence-corrected chi connectivity index (χ4v) is 3.52. The van der Waals surface area contributed by atoms with Gasteiger partial charge in [0, 0.05) is 17.1 Å². The van der Waals surface area contributed by atoms with Crippen molar-refractivity contribution >= 4 is 28.4 Å². The lowest BCUT2D eigenvalue weighted by atomic mass is 9.95. The van der Waals surface area contributed by atoms with Crippen molar-refractivity contribution in [1.82, 2.24) is 9.97 Å². The summed E-state index contributed by atoms with van der Waals surface area (Å²) in [6.07, 6.45) is 6.39. The Labute approximate surface area is 148 Å². The van der Waals surface area contributed by atoms with Crippen LogP contribution in [0.1, 0.15) is 37.7 Å². The van der Waals surface area contributed by atoms with E-state index in [4.69, 9.17) is 9.97 Å². The molecule has 0 bridgehead atoms. The summed E-state index contributed by atoms with van der Waals surface area (Å²) >= 11 is 0. The average molecular weight is 332 g/mol. The Morgan fingerprint density at radius 3 is 2.48 bits per heavy atom. The molecule has 0 unspecified atom stereocenters. The van der Waals surface area contributed by atoms with Crippen molar-refractivity contribution in [3.63, 3.8) is 0 Å². The molecule has 1 saturated carbocycles. The molecular formula is C21H24N4. The lowest BCUT2D eigenvalue weighted by Gasteiger charge is -2.24. The van der Waals surface area contributed by atoms with E-state index in [1.807, 2.05) is 30.3 Å². The molecule has 4 heteroatoms. The van der Waals surface area contributed by atoms with Crippen LogP contribution in [0.2, 0.25) is 0 Å². The first-order chi connectivity index (χ1) is 12.3. The van der Waals surface area contributed by atoms with E-state index >= 15 is 0 Å². The number of para-hydroxylation sites is 2. The summed E-state index contributed by atoms with van der Waals surface area (Å²) < 4.78 is 0. The highest BCUT2D eigenvalue weighted by atomic mass is 15.2. The average Bonchev–Trinajstić information content (AvgIpc) is 2.65. The van der Waals surface area contributed by atoms with Gasteiger partial charge in [-0.05, 0) is 43.5 Å². The second-order valence-corrected chi connectivity index (χ2v) is 6.83. The fourth-order valence-electron chi connectivity index (χ4n) is 3.52. The van der Waals surface area contributed by atoms with Gasteiger partial charge in [-0.15, -0.1) is 0 Å². The van der Waals surface area contributed by atoms with Crippen LogP contribution in [0.15, 0.2) is 48.5 Å². The largest absolute Gasteiger partial charge is 0.367 e. The molecule has 0 spiro atoms. The van der Waals surface area contributed by atoms with E-state index in [-0.39, 0.29) is 0 Å². The van der Waals surface area contributed by atoms with Gasteiger partial charge in [0.25, 0.3) is 0 Å². The first-order valence-corrected chi connectivity index (χ1v) is 9.15. The summed E-state index contributed by atoms with van der Waals surface area (Å²) in [5.74, 6) is 1.58. The Morgan fingerprint density at radius 2 is 1.64 bits per heavy atom. The Morgan fingerprint density at radius 1 is 0.880 bits per heavy atom. The number of fused-ring (bicyclic) bond motifs is 1. The van der Waals surface area contributed by atoms with Crippen LogP contribution in [0.25, 0.3) is 10.9 Å². The first kappa shape index (κ1) is 15.9. The second-order valence-electron chi connectivity index (χ2n) is 6.83. The molecule has 1 aliphatic rings. The monoisotopic (exact) mass is 332 g/mol. The zero-order valence-corrected chi connectivity index (χ0v) is 14.6. The van der Waals surface area contributed by atoms with Gasteiger partial charge in [-0.2, -0.15) is 4.98 Å². The number of hydrogen-bond donors (Lipinski definition) is 2. The van der Waals surface area contributed by atoms with Crippen LogP contribution in [0.5, 0.6) is 0 Å². The van der Waals surface area contributed by atoms with Crippen molar-refractivity contribution in [3.8, 4) is 0 Å². The topological polar surface area (TPSA) is 49.8 Å². The summed E-state index contributed by atoms with van der Waals surface area (Å²) in [7, 11) is 0. The zero-order valence-electron chi connectivity index (χ0n) is 14.6. The molecule has 3 aromatic rings. The van der Waals surface area contributed by atoms with Crippen molar-refractivity contribution in [1.29, 1.82) is 0 Å². The van der Waals surface area contributed by atoms with Gasteiger partial charge in [0.2, 0.25) is 5.95 Å². The van der Waals surface area contributed by atoms with Gasteiger partial charge < -0.3 is 10.6 Å². The van der Waals surface area contributed by atoms with Crippen molar-refractivity contribution < 1.29 is 0 Å². The van der Waals surface area contributed by atoms with E-state index in [9.17, 15) is 0 Å². The summed E-state index contributed by atoms with van der Waals surface area (Å²) in [6, 6.07) is 16.9. The maximum absolute atomic E-state index is 4.80. The van der Waals surface area contributed by atoms with Gasteiger partial charge in [0.15, 0.2) is 0 Å². The highest BCUT2D eigenvalue weighted by molar-refractivity contribution is 5.90. The van der Waals surface area contributed by atoms with Crippen molar-refractivity contribution in [3.05, 3.63) is 54.1 Å². The fraction of sp³-hybridized carbons (Fsp3) is 0.333. The van der Waals surface area contributed by atoms with Gasteiger partial charge in [-0.25, -0.2) is 4.98 Å². The van der Waals surface area contributed by atoms with Crippen LogP contribution in [-0.2, 0) is 0 Å². The van der Waals surface area contributed by atoms with Crippen LogP contribution in [0.3, 0.4) is 0 Å². The highest BCUT2D eigenvalue weighted by Crippen LogP contribution is 2.27. The highest BCUT2D eigenvalue weighted by Gasteiger charge is 2.16. The minimum atomic E-state index is 0.512. The summed E-state index contributed by atoms with van der Waals surface area (Å²) in [5, 5.41) is 8.14. The zero-order chi connectivity index (χ0) is 17.1. The third-order valence-corrected chi connectivity index (χ3v) is 4.94. The molecule has 0 radical (unpaired) electrons. The molecule has 4 rings (SSSR count). The minimum absolute atomic E-state index is 0.512. The van der Waals surface area contributed by atoms with Crippen LogP contribution in [0.4, 0.5) is 17.5 Å². The number of nitrogens with zero attached hydrogens (tertiary/aromatic N) is 2. The molecule has 1 fully saturated rings. The molecule has 2 N–H and O–H groups in total. The minimum Gasteiger partial charge on any atom is -0.367 e. The van der Waals surface area contributed by atoms with Crippen LogP contribution < -0.4 is 10.6 Å². The lowest BCUT2D eigenvalue weighted by Crippen LogP contribution is -2.23. The van der Waals surface area contributed by atoms with E-state index in [2.05, 4.69) is 35.8 Å². The van der Waals surface area contributed by atoms with Crippen molar-refractivity contribution in [2.75, 3.05) is 10.6 Å². The summed E-state index contributed by atoms with van der Waals surface area (Å²) in [4.78, 5) is 9.50. The second kappa shape index (κ2) is 7.09. The first-order valence-electron chi connectivity index (χ1n) is 9.15. The number of nitrogens with one attached hydrogen (secondary N) is 2. The van der Waals surface area contributed by atoms with E-state index in [0.717, 1.165) is 22.4 Å². The van der Waals surface area contributed by atoms with Gasteiger partial charge in [-0.3, -0.25) is 0 Å². The normalized spacial score (nSPS) is 15.2. The molecule has 1 aliphatic carbocycles. The van der Waals surface area contributed by atoms with E-state index < -0.39 is 0 Å². The third kappa shape index (κ3) is 3.58. The summed E-state index contributed by atoms with van der Waals surface area (Å²) in [6.45, 7) is 2.09. The smallest absolute Gasteiger partial charge is 0.229 e. The number of hydrogen-bond acceptors (Lipinski definition) is 4. The Balaban J connectivity index is 1.69. The van der Waals surface area contributed by atoms with Gasteiger partial charge in [-0.1, -0.05) is 49.6 Å². The standard InChI is InChI=1S/C21H24N4/c1-15-9-5-7-13-18(15)23-21-24-19-14-8-6-12-17(19)20(25-21)22-16-10-3-2-4-11-16/h5-9,12-14,16H,2-4,10-11H2,1H3,(H2,22,23,24,25). The molecule has 25 heavy (non-hydrogen) atoms. The SMILES string of the molecule is Cc1ccccc1Nc1nc(NC2CCCCC2)c2ccccc2n1. The molecule has 0 amide bonds. The Kier molecular flexibility index (Phi) is 4.51. The number of anilines is 3. The van der Waals surface area contributed by atoms with E-state index in [1.165, 1.54) is 37.7 Å². The Bertz CT molecular complexity index is 869. The van der Waals surface area contributed by atoms with E-state index in [1.54, 1.807) is 0 Å². The number of benzene rings is 2. The molecule has 0 saturated heterocycles. The molecular weight excluding hydrogens is 308 g/mol. The maximum Gasteiger partial charge on any atom is 0.229 e. The quantitative estimate of drug-likeness (QED) is 0.669. The van der Waals surface area contributed by atoms with Crippen LogP contribution in [0, 0.1) is 6.92 Å². The lowest BCUT2D eigenvalue weighted by molar-refractivity contribution is 0.462. The molecule has 2 aromatic carbocycles.